The van der Waals surface area contributed by atoms with Gasteiger partial charge in [0.1, 0.15) is 0 Å². The third-order valence-corrected chi connectivity index (χ3v) is 7.78. The summed E-state index contributed by atoms with van der Waals surface area (Å²) < 4.78 is 25.8. The van der Waals surface area contributed by atoms with Gasteiger partial charge < -0.3 is 10.3 Å². The normalized spacial score (nSPS) is 11.4. The minimum Gasteiger partial charge on any atom is -0.325 e. The quantitative estimate of drug-likeness (QED) is 0.324. The molecule has 1 amide bonds. The standard InChI is InChI=1S/C23H24ClN3O4S2/c1-3-4-5-16-7-10-18(11-8-16)33(30,31)20-13-25-23(27-22(20)29)32-14-21(28)26-19-12-17(24)9-6-15(19)2/h6-13H,3-5,14H2,1-2H3,(H,26,28)(H,25,27,29). The number of halogens is 1. The molecule has 0 spiro atoms. The molecule has 0 fully saturated rings. The van der Waals surface area contributed by atoms with Gasteiger partial charge in [0.25, 0.3) is 5.56 Å². The number of amides is 1. The Hall–Kier alpha value is -2.62. The third-order valence-electron chi connectivity index (χ3n) is 4.90. The first-order valence-electron chi connectivity index (χ1n) is 10.3. The number of aryl methyl sites for hydroxylation is 2. The number of sulfone groups is 1. The molecule has 1 heterocycles. The van der Waals surface area contributed by atoms with Gasteiger partial charge in [-0.15, -0.1) is 0 Å². The summed E-state index contributed by atoms with van der Waals surface area (Å²) in [6.07, 6.45) is 3.97. The van der Waals surface area contributed by atoms with Crippen LogP contribution >= 0.6 is 23.4 Å². The van der Waals surface area contributed by atoms with Crippen LogP contribution in [0.2, 0.25) is 5.02 Å². The molecule has 0 unspecified atom stereocenters. The van der Waals surface area contributed by atoms with Crippen LogP contribution in [0.25, 0.3) is 0 Å². The van der Waals surface area contributed by atoms with Crippen molar-refractivity contribution in [1.82, 2.24) is 9.97 Å². The highest BCUT2D eigenvalue weighted by molar-refractivity contribution is 7.99. The summed E-state index contributed by atoms with van der Waals surface area (Å²) in [7, 11) is -4.01. The molecule has 33 heavy (non-hydrogen) atoms. The lowest BCUT2D eigenvalue weighted by molar-refractivity contribution is -0.113. The molecular formula is C23H24ClN3O4S2. The lowest BCUT2D eigenvalue weighted by Crippen LogP contribution is -2.20. The third kappa shape index (κ3) is 6.46. The van der Waals surface area contributed by atoms with Gasteiger partial charge in [-0.25, -0.2) is 13.4 Å². The predicted molar refractivity (Wildman–Crippen MR) is 131 cm³/mol. The Bertz CT molecular complexity index is 1310. The molecule has 0 aliphatic carbocycles. The number of nitrogens with one attached hydrogen (secondary N) is 2. The van der Waals surface area contributed by atoms with Crippen molar-refractivity contribution in [3.05, 3.63) is 75.2 Å². The van der Waals surface area contributed by atoms with E-state index in [0.717, 1.165) is 48.3 Å². The van der Waals surface area contributed by atoms with Crippen LogP contribution in [-0.4, -0.2) is 30.0 Å². The average Bonchev–Trinajstić information content (AvgIpc) is 2.79. The minimum atomic E-state index is -4.01. The van der Waals surface area contributed by atoms with E-state index in [4.69, 9.17) is 11.6 Å². The first-order valence-corrected chi connectivity index (χ1v) is 13.2. The second kappa shape index (κ2) is 11.0. The Labute approximate surface area is 201 Å². The van der Waals surface area contributed by atoms with Crippen molar-refractivity contribution in [2.24, 2.45) is 0 Å². The maximum atomic E-state index is 12.9. The molecule has 2 N–H and O–H groups in total. The van der Waals surface area contributed by atoms with E-state index in [2.05, 4.69) is 22.2 Å². The van der Waals surface area contributed by atoms with Gasteiger partial charge in [0.05, 0.1) is 16.8 Å². The van der Waals surface area contributed by atoms with Crippen molar-refractivity contribution in [1.29, 1.82) is 0 Å². The van der Waals surface area contributed by atoms with Crippen molar-refractivity contribution in [2.45, 2.75) is 48.1 Å². The summed E-state index contributed by atoms with van der Waals surface area (Å²) in [4.78, 5) is 30.8. The first kappa shape index (κ1) is 25.0. The van der Waals surface area contributed by atoms with E-state index in [9.17, 15) is 18.0 Å². The van der Waals surface area contributed by atoms with Crippen LogP contribution in [-0.2, 0) is 21.1 Å². The Morgan fingerprint density at radius 2 is 1.91 bits per heavy atom. The van der Waals surface area contributed by atoms with Crippen molar-refractivity contribution in [3.8, 4) is 0 Å². The van der Waals surface area contributed by atoms with Gasteiger partial charge in [-0.2, -0.15) is 0 Å². The topological polar surface area (TPSA) is 109 Å². The van der Waals surface area contributed by atoms with Crippen molar-refractivity contribution < 1.29 is 13.2 Å². The van der Waals surface area contributed by atoms with Gasteiger partial charge in [0.15, 0.2) is 10.1 Å². The van der Waals surface area contributed by atoms with E-state index >= 15 is 0 Å². The number of carbonyl (C=O) groups excluding carboxylic acids is 1. The van der Waals surface area contributed by atoms with Gasteiger partial charge in [-0.05, 0) is 55.2 Å². The molecule has 10 heteroatoms. The Kier molecular flexibility index (Phi) is 8.34. The Balaban J connectivity index is 1.68. The highest BCUT2D eigenvalue weighted by Crippen LogP contribution is 2.22. The molecular weight excluding hydrogens is 482 g/mol. The molecule has 3 rings (SSSR count). The smallest absolute Gasteiger partial charge is 0.270 e. The van der Waals surface area contributed by atoms with E-state index in [1.807, 2.05) is 6.92 Å². The SMILES string of the molecule is CCCCc1ccc(S(=O)(=O)c2cnc(SCC(=O)Nc3cc(Cl)ccc3C)[nH]c2=O)cc1. The summed E-state index contributed by atoms with van der Waals surface area (Å²) in [5.41, 5.74) is 1.71. The fourth-order valence-electron chi connectivity index (χ4n) is 3.02. The second-order valence-electron chi connectivity index (χ2n) is 7.43. The Morgan fingerprint density at radius 1 is 1.18 bits per heavy atom. The lowest BCUT2D eigenvalue weighted by Gasteiger charge is -2.09. The molecule has 0 saturated heterocycles. The number of hydrogen-bond donors (Lipinski definition) is 2. The van der Waals surface area contributed by atoms with Crippen molar-refractivity contribution in [3.63, 3.8) is 0 Å². The number of nitrogens with zero attached hydrogens (tertiary/aromatic N) is 1. The molecule has 1 aromatic heterocycles. The van der Waals surface area contributed by atoms with Crippen LogP contribution in [0.3, 0.4) is 0 Å². The number of anilines is 1. The number of thioether (sulfide) groups is 1. The van der Waals surface area contributed by atoms with Gasteiger partial charge >= 0.3 is 0 Å². The Morgan fingerprint density at radius 3 is 2.58 bits per heavy atom. The number of unbranched alkanes of at least 4 members (excludes halogenated alkanes) is 1. The van der Waals surface area contributed by atoms with Gasteiger partial charge in [-0.3, -0.25) is 9.59 Å². The molecule has 2 aromatic carbocycles. The first-order chi connectivity index (χ1) is 15.7. The van der Waals surface area contributed by atoms with Crippen molar-refractivity contribution >= 4 is 44.8 Å². The number of benzene rings is 2. The predicted octanol–water partition coefficient (Wildman–Crippen LogP) is 4.64. The van der Waals surface area contributed by atoms with E-state index < -0.39 is 20.3 Å². The number of rotatable bonds is 9. The lowest BCUT2D eigenvalue weighted by atomic mass is 10.1. The second-order valence-corrected chi connectivity index (χ2v) is 10.7. The molecule has 7 nitrogen and oxygen atoms in total. The van der Waals surface area contributed by atoms with E-state index in [0.29, 0.717) is 10.7 Å². The largest absolute Gasteiger partial charge is 0.325 e. The number of carbonyl (C=O) groups is 1. The summed E-state index contributed by atoms with van der Waals surface area (Å²) in [6.45, 7) is 3.93. The zero-order chi connectivity index (χ0) is 24.0. The molecule has 174 valence electrons. The number of hydrogen-bond acceptors (Lipinski definition) is 6. The fraction of sp³-hybridized carbons (Fsp3) is 0.261. The number of aromatic amines is 1. The molecule has 0 radical (unpaired) electrons. The minimum absolute atomic E-state index is 0.0276. The zero-order valence-corrected chi connectivity index (χ0v) is 20.6. The number of H-pyrrole nitrogens is 1. The van der Waals surface area contributed by atoms with E-state index in [1.165, 1.54) is 12.1 Å². The summed E-state index contributed by atoms with van der Waals surface area (Å²) in [5.74, 6) is -0.340. The van der Waals surface area contributed by atoms with Gasteiger partial charge in [0, 0.05) is 10.7 Å². The molecule has 0 aliphatic rings. The molecule has 0 atom stereocenters. The fourth-order valence-corrected chi connectivity index (χ4v) is 5.06. The van der Waals surface area contributed by atoms with Crippen LogP contribution in [0, 0.1) is 6.92 Å². The van der Waals surface area contributed by atoms with Gasteiger partial charge in [-0.1, -0.05) is 54.9 Å². The van der Waals surface area contributed by atoms with Crippen LogP contribution in [0.1, 0.15) is 30.9 Å². The molecule has 3 aromatic rings. The summed E-state index contributed by atoms with van der Waals surface area (Å²) >= 11 is 6.95. The average molecular weight is 506 g/mol. The molecule has 0 bridgehead atoms. The van der Waals surface area contributed by atoms with Gasteiger partial charge in [0.2, 0.25) is 15.7 Å². The monoisotopic (exact) mass is 505 g/mol. The summed E-state index contributed by atoms with van der Waals surface area (Å²) in [6, 6.07) is 11.7. The number of aromatic nitrogens is 2. The highest BCUT2D eigenvalue weighted by atomic mass is 35.5. The van der Waals surface area contributed by atoms with Crippen LogP contribution in [0.15, 0.2) is 68.4 Å². The maximum absolute atomic E-state index is 12.9. The van der Waals surface area contributed by atoms with Crippen LogP contribution in [0.4, 0.5) is 5.69 Å². The van der Waals surface area contributed by atoms with Crippen molar-refractivity contribution in [2.75, 3.05) is 11.1 Å². The zero-order valence-electron chi connectivity index (χ0n) is 18.2. The summed E-state index contributed by atoms with van der Waals surface area (Å²) in [5, 5.41) is 3.40. The molecule has 0 aliphatic heterocycles. The van der Waals surface area contributed by atoms with E-state index in [1.54, 1.807) is 30.3 Å². The highest BCUT2D eigenvalue weighted by Gasteiger charge is 2.22. The van der Waals surface area contributed by atoms with E-state index in [-0.39, 0.29) is 21.7 Å². The maximum Gasteiger partial charge on any atom is 0.270 e. The molecule has 0 saturated carbocycles. The van der Waals surface area contributed by atoms with Crippen LogP contribution in [0.5, 0.6) is 0 Å². The van der Waals surface area contributed by atoms with Crippen LogP contribution < -0.4 is 10.9 Å².